The first-order valence-corrected chi connectivity index (χ1v) is 9.74. The number of amides is 1. The van der Waals surface area contributed by atoms with Crippen molar-refractivity contribution >= 4 is 29.0 Å². The van der Waals surface area contributed by atoms with Gasteiger partial charge in [-0.05, 0) is 42.8 Å². The van der Waals surface area contributed by atoms with Crippen LogP contribution in [-0.4, -0.2) is 42.8 Å². The smallest absolute Gasteiger partial charge is 0.363 e. The minimum Gasteiger partial charge on any atom is -0.363 e. The maximum Gasteiger partial charge on any atom is 0.416 e. The van der Waals surface area contributed by atoms with E-state index in [2.05, 4.69) is 9.97 Å². The Hall–Kier alpha value is -3.62. The fourth-order valence-corrected chi connectivity index (χ4v) is 3.73. The third kappa shape index (κ3) is 4.35. The standard InChI is InChI=1S/C24H24F3N5O/c1-15-12-17(24(25,26)27)14-22(28-15)32-18-9-6-5-8-16(18)13-19(32)23(33)31(4)21-11-7-10-20(29-21)30(2)3/h5-12,14,19H,13H2,1-4H3/i2D3,3D3,4D3. The fourth-order valence-electron chi connectivity index (χ4n) is 3.73. The van der Waals surface area contributed by atoms with Gasteiger partial charge in [0, 0.05) is 51.1 Å². The van der Waals surface area contributed by atoms with Crippen LogP contribution in [0.1, 0.15) is 29.2 Å². The molecule has 1 aliphatic heterocycles. The molecular weight excluding hydrogens is 431 g/mol. The first-order valence-electron chi connectivity index (χ1n) is 14.2. The molecule has 33 heavy (non-hydrogen) atoms. The minimum absolute atomic E-state index is 0.00636. The van der Waals surface area contributed by atoms with Crippen LogP contribution in [0.25, 0.3) is 0 Å². The first-order chi connectivity index (χ1) is 19.2. The lowest BCUT2D eigenvalue weighted by Gasteiger charge is -2.30. The summed E-state index contributed by atoms with van der Waals surface area (Å²) in [6.45, 7) is -8.28. The number of anilines is 4. The number of alkyl halides is 3. The zero-order valence-corrected chi connectivity index (χ0v) is 17.3. The Morgan fingerprint density at radius 3 is 2.55 bits per heavy atom. The molecule has 0 fully saturated rings. The number of nitrogens with zero attached hydrogens (tertiary/aromatic N) is 5. The number of halogens is 3. The molecule has 1 atom stereocenters. The lowest BCUT2D eigenvalue weighted by molar-refractivity contribution is -0.137. The second-order valence-corrected chi connectivity index (χ2v) is 7.43. The van der Waals surface area contributed by atoms with Gasteiger partial charge in [0.15, 0.2) is 0 Å². The maximum atomic E-state index is 14.1. The number of para-hydroxylation sites is 1. The first kappa shape index (κ1) is 13.8. The Bertz CT molecular complexity index is 1480. The van der Waals surface area contributed by atoms with Crippen molar-refractivity contribution in [3.8, 4) is 0 Å². The van der Waals surface area contributed by atoms with E-state index in [9.17, 15) is 18.0 Å². The number of rotatable bonds is 4. The Morgan fingerprint density at radius 1 is 1.06 bits per heavy atom. The molecule has 1 amide bonds. The lowest BCUT2D eigenvalue weighted by Crippen LogP contribution is -2.45. The topological polar surface area (TPSA) is 52.6 Å². The van der Waals surface area contributed by atoms with E-state index in [0.717, 1.165) is 30.3 Å². The van der Waals surface area contributed by atoms with Gasteiger partial charge in [0.25, 0.3) is 5.91 Å². The highest BCUT2D eigenvalue weighted by atomic mass is 19.4. The average molecular weight is 465 g/mol. The fraction of sp³-hybridized carbons (Fsp3) is 0.292. The van der Waals surface area contributed by atoms with Crippen LogP contribution in [0.3, 0.4) is 0 Å². The molecule has 0 aliphatic carbocycles. The van der Waals surface area contributed by atoms with Crippen molar-refractivity contribution in [2.24, 2.45) is 0 Å². The average Bonchev–Trinajstić information content (AvgIpc) is 3.20. The summed E-state index contributed by atoms with van der Waals surface area (Å²) >= 11 is 0. The number of aryl methyl sites for hydroxylation is 1. The highest BCUT2D eigenvalue weighted by Crippen LogP contribution is 2.40. The molecule has 9 heteroatoms. The second kappa shape index (κ2) is 8.38. The van der Waals surface area contributed by atoms with E-state index >= 15 is 0 Å². The number of carbonyl (C=O) groups is 1. The monoisotopic (exact) mass is 464 g/mol. The van der Waals surface area contributed by atoms with Crippen molar-refractivity contribution < 1.29 is 30.3 Å². The Balaban J connectivity index is 1.85. The lowest BCUT2D eigenvalue weighted by atomic mass is 10.1. The molecule has 3 heterocycles. The molecule has 0 N–H and O–H groups in total. The number of aromatic nitrogens is 2. The molecule has 1 unspecified atom stereocenters. The van der Waals surface area contributed by atoms with Gasteiger partial charge in [-0.2, -0.15) is 13.2 Å². The van der Waals surface area contributed by atoms with Gasteiger partial charge >= 0.3 is 6.18 Å². The number of hydrogen-bond donors (Lipinski definition) is 0. The van der Waals surface area contributed by atoms with Crippen molar-refractivity contribution in [3.63, 3.8) is 0 Å². The van der Waals surface area contributed by atoms with Crippen LogP contribution < -0.4 is 14.7 Å². The summed E-state index contributed by atoms with van der Waals surface area (Å²) in [6, 6.07) is 9.93. The van der Waals surface area contributed by atoms with E-state index in [1.807, 2.05) is 0 Å². The third-order valence-corrected chi connectivity index (χ3v) is 5.17. The molecule has 0 radical (unpaired) electrons. The third-order valence-electron chi connectivity index (χ3n) is 5.17. The van der Waals surface area contributed by atoms with Gasteiger partial charge in [-0.1, -0.05) is 24.3 Å². The molecule has 4 rings (SSSR count). The Morgan fingerprint density at radius 2 is 1.82 bits per heavy atom. The molecule has 1 aliphatic rings. The van der Waals surface area contributed by atoms with Gasteiger partial charge in [-0.25, -0.2) is 9.97 Å². The summed E-state index contributed by atoms with van der Waals surface area (Å²) < 4.78 is 111. The summed E-state index contributed by atoms with van der Waals surface area (Å²) in [6.07, 6.45) is -4.83. The van der Waals surface area contributed by atoms with Gasteiger partial charge in [-0.3, -0.25) is 9.69 Å². The highest BCUT2D eigenvalue weighted by Gasteiger charge is 2.39. The molecule has 2 aromatic heterocycles. The van der Waals surface area contributed by atoms with E-state index in [-0.39, 0.29) is 22.8 Å². The number of pyridine rings is 2. The van der Waals surface area contributed by atoms with Crippen molar-refractivity contribution in [3.05, 3.63) is 71.4 Å². The normalized spacial score (nSPS) is 20.5. The zero-order chi connectivity index (χ0) is 31.4. The van der Waals surface area contributed by atoms with Gasteiger partial charge in [-0.15, -0.1) is 0 Å². The van der Waals surface area contributed by atoms with Crippen LogP contribution in [0.15, 0.2) is 54.6 Å². The van der Waals surface area contributed by atoms with Crippen molar-refractivity contribution in [2.75, 3.05) is 35.6 Å². The van der Waals surface area contributed by atoms with Crippen molar-refractivity contribution in [1.29, 1.82) is 0 Å². The van der Waals surface area contributed by atoms with Crippen LogP contribution >= 0.6 is 0 Å². The number of fused-ring (bicyclic) bond motifs is 1. The van der Waals surface area contributed by atoms with Gasteiger partial charge in [0.1, 0.15) is 23.5 Å². The van der Waals surface area contributed by atoms with Gasteiger partial charge < -0.3 is 9.80 Å². The van der Waals surface area contributed by atoms with E-state index in [1.54, 1.807) is 24.3 Å². The second-order valence-electron chi connectivity index (χ2n) is 7.43. The van der Waals surface area contributed by atoms with Gasteiger partial charge in [0.05, 0.1) is 5.56 Å². The van der Waals surface area contributed by atoms with Crippen LogP contribution in [0.4, 0.5) is 36.3 Å². The highest BCUT2D eigenvalue weighted by molar-refractivity contribution is 6.01. The molecule has 0 saturated carbocycles. The SMILES string of the molecule is [2H]C([2H])([2H])N(C(=O)C1Cc2ccccc2N1c1cc(C(F)(F)F)cc(C)n1)c1cccc(N(C([2H])([2H])[2H])C([2H])([2H])[2H])n1. The van der Waals surface area contributed by atoms with Crippen molar-refractivity contribution in [1.82, 2.24) is 9.97 Å². The van der Waals surface area contributed by atoms with E-state index in [1.165, 1.54) is 11.8 Å². The summed E-state index contributed by atoms with van der Waals surface area (Å²) in [4.78, 5) is 23.8. The summed E-state index contributed by atoms with van der Waals surface area (Å²) in [7, 11) is 0. The molecule has 0 saturated heterocycles. The van der Waals surface area contributed by atoms with E-state index < -0.39 is 56.3 Å². The summed E-state index contributed by atoms with van der Waals surface area (Å²) in [5, 5.41) is 0. The molecule has 6 nitrogen and oxygen atoms in total. The Labute approximate surface area is 202 Å². The maximum absolute atomic E-state index is 14.1. The number of likely N-dealkylation sites (N-methyl/N-ethyl adjacent to an activating group) is 1. The molecule has 172 valence electrons. The Kier molecular flexibility index (Phi) is 3.51. The molecule has 3 aromatic rings. The molecule has 0 spiro atoms. The largest absolute Gasteiger partial charge is 0.416 e. The van der Waals surface area contributed by atoms with E-state index in [0.29, 0.717) is 16.2 Å². The predicted octanol–water partition coefficient (Wildman–Crippen LogP) is 4.60. The number of hydrogen-bond acceptors (Lipinski definition) is 5. The van der Waals surface area contributed by atoms with Gasteiger partial charge in [0.2, 0.25) is 0 Å². The van der Waals surface area contributed by atoms with Crippen molar-refractivity contribution in [2.45, 2.75) is 25.6 Å². The summed E-state index contributed by atoms with van der Waals surface area (Å²) in [5.74, 6) is -2.58. The van der Waals surface area contributed by atoms with Crippen LogP contribution in [-0.2, 0) is 17.4 Å². The van der Waals surface area contributed by atoms with E-state index in [4.69, 9.17) is 12.3 Å². The molecular formula is C24H24F3N5O. The minimum atomic E-state index is -4.73. The number of benzene rings is 1. The molecule has 1 aromatic carbocycles. The van der Waals surface area contributed by atoms with Crippen LogP contribution in [0.5, 0.6) is 0 Å². The summed E-state index contributed by atoms with van der Waals surface area (Å²) in [5.41, 5.74) is -0.134. The molecule has 0 bridgehead atoms. The van der Waals surface area contributed by atoms with Crippen LogP contribution in [0.2, 0.25) is 0 Å². The predicted molar refractivity (Wildman–Crippen MR) is 122 cm³/mol. The quantitative estimate of drug-likeness (QED) is 0.565. The zero-order valence-electron chi connectivity index (χ0n) is 26.3. The number of carbonyl (C=O) groups excluding carboxylic acids is 1. The van der Waals surface area contributed by atoms with Crippen LogP contribution in [0, 0.1) is 6.92 Å².